The van der Waals surface area contributed by atoms with Crippen LogP contribution in [0, 0.1) is 5.92 Å². The van der Waals surface area contributed by atoms with Crippen LogP contribution in [0.2, 0.25) is 0 Å². The third kappa shape index (κ3) is 4.13. The van der Waals surface area contributed by atoms with E-state index < -0.39 is 0 Å². The summed E-state index contributed by atoms with van der Waals surface area (Å²) in [6.07, 6.45) is 0. The summed E-state index contributed by atoms with van der Waals surface area (Å²) in [6, 6.07) is 5.02. The average Bonchev–Trinajstić information content (AvgIpc) is 2.43. The summed E-state index contributed by atoms with van der Waals surface area (Å²) in [5, 5.41) is 2.91. The van der Waals surface area contributed by atoms with Gasteiger partial charge in [-0.25, -0.2) is 0 Å². The number of carbonyl (C=O) groups is 1. The summed E-state index contributed by atoms with van der Waals surface area (Å²) < 4.78 is 10.3. The van der Waals surface area contributed by atoms with Gasteiger partial charge in [0.15, 0.2) is 0 Å². The SMILES string of the molecule is COc1cc(OC)cc(C(=O)NC(CN)C(C)C)c1. The van der Waals surface area contributed by atoms with E-state index in [1.807, 2.05) is 13.8 Å². The van der Waals surface area contributed by atoms with Gasteiger partial charge in [0.2, 0.25) is 0 Å². The highest BCUT2D eigenvalue weighted by molar-refractivity contribution is 5.95. The van der Waals surface area contributed by atoms with Crippen molar-refractivity contribution in [2.24, 2.45) is 11.7 Å². The molecule has 0 aliphatic rings. The molecule has 0 aliphatic heterocycles. The molecule has 0 aromatic heterocycles. The second kappa shape index (κ2) is 6.99. The standard InChI is InChI=1S/C14H22N2O3/c1-9(2)13(8-15)16-14(17)10-5-11(18-3)7-12(6-10)19-4/h5-7,9,13H,8,15H2,1-4H3,(H,16,17). The number of rotatable bonds is 6. The second-order valence-electron chi connectivity index (χ2n) is 4.66. The van der Waals surface area contributed by atoms with Gasteiger partial charge >= 0.3 is 0 Å². The predicted molar refractivity (Wildman–Crippen MR) is 74.7 cm³/mol. The molecule has 0 aliphatic carbocycles. The van der Waals surface area contributed by atoms with Crippen LogP contribution in [0.15, 0.2) is 18.2 Å². The lowest BCUT2D eigenvalue weighted by atomic mass is 10.0. The van der Waals surface area contributed by atoms with Crippen LogP contribution in [-0.4, -0.2) is 32.7 Å². The zero-order chi connectivity index (χ0) is 14.4. The van der Waals surface area contributed by atoms with E-state index in [1.54, 1.807) is 32.4 Å². The molecular formula is C14H22N2O3. The van der Waals surface area contributed by atoms with Gasteiger partial charge in [-0.3, -0.25) is 4.79 Å². The minimum absolute atomic E-state index is 0.0512. The summed E-state index contributed by atoms with van der Waals surface area (Å²) in [5.74, 6) is 1.26. The Morgan fingerprint density at radius 1 is 1.21 bits per heavy atom. The lowest BCUT2D eigenvalue weighted by Gasteiger charge is -2.20. The molecule has 0 saturated heterocycles. The molecular weight excluding hydrogens is 244 g/mol. The molecule has 0 radical (unpaired) electrons. The third-order valence-corrected chi connectivity index (χ3v) is 2.99. The monoisotopic (exact) mass is 266 g/mol. The van der Waals surface area contributed by atoms with Crippen molar-refractivity contribution in [1.82, 2.24) is 5.32 Å². The van der Waals surface area contributed by atoms with Gasteiger partial charge in [0.05, 0.1) is 14.2 Å². The number of nitrogens with one attached hydrogen (secondary N) is 1. The van der Waals surface area contributed by atoms with Crippen LogP contribution in [0.5, 0.6) is 11.5 Å². The summed E-state index contributed by atoms with van der Waals surface area (Å²) in [4.78, 5) is 12.2. The van der Waals surface area contributed by atoms with Gasteiger partial charge in [-0.15, -0.1) is 0 Å². The van der Waals surface area contributed by atoms with Crippen molar-refractivity contribution in [2.45, 2.75) is 19.9 Å². The Labute approximate surface area is 114 Å². The van der Waals surface area contributed by atoms with Crippen LogP contribution >= 0.6 is 0 Å². The zero-order valence-corrected chi connectivity index (χ0v) is 11.9. The largest absolute Gasteiger partial charge is 0.497 e. The summed E-state index contributed by atoms with van der Waals surface area (Å²) in [7, 11) is 3.10. The molecule has 1 aromatic rings. The van der Waals surface area contributed by atoms with Crippen molar-refractivity contribution in [2.75, 3.05) is 20.8 Å². The molecule has 1 unspecified atom stereocenters. The zero-order valence-electron chi connectivity index (χ0n) is 11.9. The first kappa shape index (κ1) is 15.3. The Balaban J connectivity index is 2.92. The fourth-order valence-corrected chi connectivity index (χ4v) is 1.69. The maximum Gasteiger partial charge on any atom is 0.251 e. The van der Waals surface area contributed by atoms with Crippen molar-refractivity contribution in [1.29, 1.82) is 0 Å². The van der Waals surface area contributed by atoms with Crippen LogP contribution < -0.4 is 20.5 Å². The highest BCUT2D eigenvalue weighted by atomic mass is 16.5. The van der Waals surface area contributed by atoms with E-state index in [9.17, 15) is 4.79 Å². The number of benzene rings is 1. The lowest BCUT2D eigenvalue weighted by Crippen LogP contribution is -2.43. The highest BCUT2D eigenvalue weighted by Gasteiger charge is 2.16. The van der Waals surface area contributed by atoms with Crippen LogP contribution in [0.3, 0.4) is 0 Å². The van der Waals surface area contributed by atoms with E-state index in [2.05, 4.69) is 5.32 Å². The Kier molecular flexibility index (Phi) is 5.63. The Bertz CT molecular complexity index is 410. The lowest BCUT2D eigenvalue weighted by molar-refractivity contribution is 0.0927. The van der Waals surface area contributed by atoms with Crippen molar-refractivity contribution in [3.63, 3.8) is 0 Å². The third-order valence-electron chi connectivity index (χ3n) is 2.99. The van der Waals surface area contributed by atoms with Crippen LogP contribution in [-0.2, 0) is 0 Å². The van der Waals surface area contributed by atoms with Crippen molar-refractivity contribution in [3.8, 4) is 11.5 Å². The first-order chi connectivity index (χ1) is 9.01. The van der Waals surface area contributed by atoms with Crippen molar-refractivity contribution < 1.29 is 14.3 Å². The number of ether oxygens (including phenoxy) is 2. The van der Waals surface area contributed by atoms with E-state index in [1.165, 1.54) is 0 Å². The predicted octanol–water partition coefficient (Wildman–Crippen LogP) is 1.42. The minimum Gasteiger partial charge on any atom is -0.497 e. The Hall–Kier alpha value is -1.75. The molecule has 0 spiro atoms. The van der Waals surface area contributed by atoms with Crippen LogP contribution in [0.1, 0.15) is 24.2 Å². The molecule has 1 aromatic carbocycles. The molecule has 0 heterocycles. The number of hydrogen-bond acceptors (Lipinski definition) is 4. The van der Waals surface area contributed by atoms with Gasteiger partial charge in [0.25, 0.3) is 5.91 Å². The van der Waals surface area contributed by atoms with E-state index in [-0.39, 0.29) is 17.9 Å². The highest BCUT2D eigenvalue weighted by Crippen LogP contribution is 2.22. The Morgan fingerprint density at radius 2 is 1.74 bits per heavy atom. The minimum atomic E-state index is -0.179. The molecule has 1 rings (SSSR count). The van der Waals surface area contributed by atoms with Gasteiger partial charge in [-0.2, -0.15) is 0 Å². The van der Waals surface area contributed by atoms with E-state index in [4.69, 9.17) is 15.2 Å². The van der Waals surface area contributed by atoms with Crippen LogP contribution in [0.25, 0.3) is 0 Å². The van der Waals surface area contributed by atoms with Gasteiger partial charge in [0.1, 0.15) is 11.5 Å². The molecule has 106 valence electrons. The number of amides is 1. The topological polar surface area (TPSA) is 73.6 Å². The number of carbonyl (C=O) groups excluding carboxylic acids is 1. The van der Waals surface area contributed by atoms with E-state index in [0.29, 0.717) is 23.6 Å². The molecule has 3 N–H and O–H groups in total. The fraction of sp³-hybridized carbons (Fsp3) is 0.500. The van der Waals surface area contributed by atoms with Gasteiger partial charge in [-0.05, 0) is 18.1 Å². The second-order valence-corrected chi connectivity index (χ2v) is 4.66. The Morgan fingerprint density at radius 3 is 2.11 bits per heavy atom. The first-order valence-electron chi connectivity index (χ1n) is 6.25. The first-order valence-corrected chi connectivity index (χ1v) is 6.25. The van der Waals surface area contributed by atoms with E-state index in [0.717, 1.165) is 0 Å². The summed E-state index contributed by atoms with van der Waals surface area (Å²) in [5.41, 5.74) is 6.14. The van der Waals surface area contributed by atoms with Crippen molar-refractivity contribution in [3.05, 3.63) is 23.8 Å². The quantitative estimate of drug-likeness (QED) is 0.816. The number of methoxy groups -OCH3 is 2. The summed E-state index contributed by atoms with van der Waals surface area (Å²) in [6.45, 7) is 4.44. The molecule has 0 bridgehead atoms. The number of nitrogens with two attached hydrogens (primary N) is 1. The van der Waals surface area contributed by atoms with Crippen LogP contribution in [0.4, 0.5) is 0 Å². The maximum absolute atomic E-state index is 12.2. The molecule has 1 amide bonds. The van der Waals surface area contributed by atoms with Gasteiger partial charge < -0.3 is 20.5 Å². The average molecular weight is 266 g/mol. The molecule has 5 heteroatoms. The van der Waals surface area contributed by atoms with Crippen molar-refractivity contribution >= 4 is 5.91 Å². The molecule has 0 saturated carbocycles. The molecule has 19 heavy (non-hydrogen) atoms. The molecule has 1 atom stereocenters. The maximum atomic E-state index is 12.2. The number of hydrogen-bond donors (Lipinski definition) is 2. The smallest absolute Gasteiger partial charge is 0.251 e. The molecule has 5 nitrogen and oxygen atoms in total. The fourth-order valence-electron chi connectivity index (χ4n) is 1.69. The normalized spacial score (nSPS) is 12.1. The van der Waals surface area contributed by atoms with Gasteiger partial charge in [-0.1, -0.05) is 13.8 Å². The van der Waals surface area contributed by atoms with Gasteiger partial charge in [0, 0.05) is 24.2 Å². The van der Waals surface area contributed by atoms with E-state index >= 15 is 0 Å². The summed E-state index contributed by atoms with van der Waals surface area (Å²) >= 11 is 0. The molecule has 0 fully saturated rings.